The van der Waals surface area contributed by atoms with Crippen LogP contribution in [0.1, 0.15) is 132 Å². The summed E-state index contributed by atoms with van der Waals surface area (Å²) in [5.74, 6) is 8.62. The van der Waals surface area contributed by atoms with Crippen molar-refractivity contribution in [2.45, 2.75) is 179 Å². The van der Waals surface area contributed by atoms with Crippen LogP contribution in [0.25, 0.3) is 0 Å². The lowest BCUT2D eigenvalue weighted by Crippen LogP contribution is -2.38. The van der Waals surface area contributed by atoms with Crippen LogP contribution in [0, 0.1) is 94.7 Å². The molecule has 0 aromatic carbocycles. The van der Waals surface area contributed by atoms with Gasteiger partial charge in [0, 0.05) is 26.2 Å². The van der Waals surface area contributed by atoms with E-state index in [4.69, 9.17) is 9.47 Å². The molecule has 4 aliphatic heterocycles. The second-order valence-corrected chi connectivity index (χ2v) is 30.7. The van der Waals surface area contributed by atoms with Crippen molar-refractivity contribution in [3.63, 3.8) is 0 Å². The van der Waals surface area contributed by atoms with E-state index in [0.717, 1.165) is 50.4 Å². The summed E-state index contributed by atoms with van der Waals surface area (Å²) >= 11 is 0. The van der Waals surface area contributed by atoms with E-state index in [9.17, 15) is 86.4 Å². The molecule has 4 heterocycles. The van der Waals surface area contributed by atoms with Crippen LogP contribution in [0.3, 0.4) is 0 Å². The maximum absolute atomic E-state index is 12.1. The molecule has 460 valence electrons. The second-order valence-electron chi connectivity index (χ2n) is 23.7. The summed E-state index contributed by atoms with van der Waals surface area (Å²) < 4.78 is 250. The van der Waals surface area contributed by atoms with Crippen molar-refractivity contribution < 1.29 is 95.8 Å². The van der Waals surface area contributed by atoms with E-state index in [2.05, 4.69) is 55.4 Å². The van der Waals surface area contributed by atoms with Crippen molar-refractivity contribution in [1.82, 2.24) is 18.9 Å². The first kappa shape index (κ1) is 67.5. The molecule has 4 aliphatic carbocycles. The molecule has 8 aliphatic rings. The molecule has 30 heteroatoms. The maximum atomic E-state index is 12.1. The average Bonchev–Trinajstić information content (AvgIpc) is 4.21. The molecule has 4 N–H and O–H groups in total. The van der Waals surface area contributed by atoms with Gasteiger partial charge in [0.1, 0.15) is 0 Å². The predicted octanol–water partition coefficient (Wildman–Crippen LogP) is 10.0. The largest absolute Gasteiger partial charge is 0.511 e. The Kier molecular flexibility index (Phi) is 22.1. The van der Waals surface area contributed by atoms with Crippen molar-refractivity contribution >= 4 is 40.1 Å². The fourth-order valence-corrected chi connectivity index (χ4v) is 16.6. The van der Waals surface area contributed by atoms with Gasteiger partial charge in [-0.2, -0.15) is 52.7 Å². The van der Waals surface area contributed by atoms with Crippen molar-refractivity contribution in [3.8, 4) is 0 Å². The van der Waals surface area contributed by atoms with Gasteiger partial charge in [-0.05, 0) is 172 Å². The fraction of sp³-hybridized carbons (Fsp3) is 1.00. The summed E-state index contributed by atoms with van der Waals surface area (Å²) in [6.07, 6.45) is 10.2. The normalized spacial score (nSPS) is 38.2. The topological polar surface area (TPSA) is 203 Å². The Balaban J connectivity index is 0.000000192. The van der Waals surface area contributed by atoms with Crippen molar-refractivity contribution in [3.05, 3.63) is 0 Å². The molecule has 8 fully saturated rings. The van der Waals surface area contributed by atoms with Gasteiger partial charge in [-0.1, -0.05) is 55.4 Å². The Labute approximate surface area is 452 Å². The molecular weight excluding hydrogens is 1150 g/mol. The van der Waals surface area contributed by atoms with Gasteiger partial charge in [-0.25, -0.2) is 52.6 Å². The lowest BCUT2D eigenvalue weighted by molar-refractivity contribution is -0.0454. The van der Waals surface area contributed by atoms with Gasteiger partial charge < -0.3 is 9.47 Å². The highest BCUT2D eigenvalue weighted by Crippen LogP contribution is 2.57. The summed E-state index contributed by atoms with van der Waals surface area (Å²) in [4.78, 5) is 0. The van der Waals surface area contributed by atoms with E-state index in [1.54, 1.807) is 18.9 Å². The molecule has 0 radical (unpaired) electrons. The van der Waals surface area contributed by atoms with Crippen molar-refractivity contribution in [2.24, 2.45) is 94.7 Å². The molecule has 8 bridgehead atoms. The van der Waals surface area contributed by atoms with Gasteiger partial charge in [-0.3, -0.25) is 0 Å². The summed E-state index contributed by atoms with van der Waals surface area (Å²) in [5, 5.41) is 0. The van der Waals surface area contributed by atoms with Crippen LogP contribution < -0.4 is 18.9 Å². The fourth-order valence-electron chi connectivity index (χ4n) is 14.3. The van der Waals surface area contributed by atoms with Gasteiger partial charge in [-0.15, -0.1) is 0 Å². The number of hydrogen-bond acceptors (Lipinski definition) is 10. The molecule has 0 spiro atoms. The second kappa shape index (κ2) is 25.5. The minimum absolute atomic E-state index is 0.0513. The molecule has 14 nitrogen and oxygen atoms in total. The molecule has 0 amide bonds. The third-order valence-electron chi connectivity index (χ3n) is 19.5. The first-order valence-corrected chi connectivity index (χ1v) is 33.0. The number of fused-ring (bicyclic) bond motifs is 8. The van der Waals surface area contributed by atoms with Crippen LogP contribution >= 0.6 is 0 Å². The SMILES string of the molecule is CC1C2CC(CCCNS(=O)(=O)C(F)(F)F)C(C2)C1C.CC1C2CC(CCCNS(=O)(=O)C(F)(F)F)C(O2)C1C.CC1C2CC(CCNS(=O)(=O)C(F)(F)F)C(C2)C1C.CC1C2CC(CCNS(=O)(=O)C(F)(F)F)C(O2)C1C. The lowest BCUT2D eigenvalue weighted by atomic mass is 9.74. The highest BCUT2D eigenvalue weighted by molar-refractivity contribution is 7.91. The highest BCUT2D eigenvalue weighted by atomic mass is 32.2. The number of rotatable bonds is 18. The van der Waals surface area contributed by atoms with E-state index in [1.165, 1.54) is 6.42 Å². The average molecular weight is 1230 g/mol. The van der Waals surface area contributed by atoms with E-state index < -0.39 is 62.1 Å². The zero-order valence-electron chi connectivity index (χ0n) is 45.1. The van der Waals surface area contributed by atoms with Gasteiger partial charge >= 0.3 is 62.1 Å². The molecule has 4 saturated heterocycles. The Morgan fingerprint density at radius 2 is 0.628 bits per heavy atom. The molecule has 20 unspecified atom stereocenters. The monoisotopic (exact) mass is 1230 g/mol. The predicted molar refractivity (Wildman–Crippen MR) is 266 cm³/mol. The van der Waals surface area contributed by atoms with E-state index in [-0.39, 0.29) is 56.5 Å². The van der Waals surface area contributed by atoms with Crippen LogP contribution in [-0.2, 0) is 49.6 Å². The Bertz CT molecular complexity index is 2260. The third kappa shape index (κ3) is 15.7. The smallest absolute Gasteiger partial charge is 0.374 e. The van der Waals surface area contributed by atoms with Crippen LogP contribution in [0.4, 0.5) is 52.7 Å². The van der Waals surface area contributed by atoms with Gasteiger partial charge in [0.2, 0.25) is 0 Å². The van der Waals surface area contributed by atoms with Crippen LogP contribution in [-0.4, -0.2) is 106 Å². The van der Waals surface area contributed by atoms with Gasteiger partial charge in [0.05, 0.1) is 24.4 Å². The van der Waals surface area contributed by atoms with E-state index >= 15 is 0 Å². The number of ether oxygens (including phenoxy) is 2. The Hall–Kier alpha value is -1.28. The minimum atomic E-state index is -5.24. The molecular formula is C48H80F12N4O10S4. The van der Waals surface area contributed by atoms with Crippen molar-refractivity contribution in [1.29, 1.82) is 0 Å². The third-order valence-corrected chi connectivity index (χ3v) is 24.3. The Morgan fingerprint density at radius 1 is 0.346 bits per heavy atom. The van der Waals surface area contributed by atoms with Gasteiger partial charge in [0.15, 0.2) is 0 Å². The van der Waals surface area contributed by atoms with Crippen LogP contribution in [0.5, 0.6) is 0 Å². The first-order valence-electron chi connectivity index (χ1n) is 27.1. The summed E-state index contributed by atoms with van der Waals surface area (Å²) in [6.45, 7) is 16.8. The zero-order valence-corrected chi connectivity index (χ0v) is 48.4. The number of alkyl halides is 12. The number of hydrogen-bond donors (Lipinski definition) is 4. The standard InChI is InChI=1S/C13H22F3NO2S.C12H20F3NO3S.C12H20F3NO2S.C11H18F3NO3S/c1-8-9(2)12-7-11(8)6-10(12)4-3-5-17-20(18,19)13(14,15)16;1-7-8(2)11-9(6-10(7)19-11)4-3-5-16-20(17,18)12(13,14)15;1-7-8(2)11-6-10(7)5-9(11)3-4-16-19(17,18)12(13,14)15;1-6-7(2)10-8(5-9(6)18-10)3-4-15-19(16,17)11(12,13)14/h8-12,17H,3-7H2,1-2H3;7-11,16H,3-6H2,1-2H3;7-11,16H,3-6H2,1-2H3;6-10,15H,3-5H2,1-2H3. The molecule has 8 rings (SSSR count). The van der Waals surface area contributed by atoms with Gasteiger partial charge in [0.25, 0.3) is 0 Å². The quantitative estimate of drug-likeness (QED) is 0.0756. The Morgan fingerprint density at radius 3 is 0.910 bits per heavy atom. The zero-order chi connectivity index (χ0) is 59.1. The highest BCUT2D eigenvalue weighted by Gasteiger charge is 2.54. The molecule has 0 aromatic heterocycles. The molecule has 4 saturated carbocycles. The summed E-state index contributed by atoms with van der Waals surface area (Å²) in [7, 11) is -20.8. The molecule has 20 atom stereocenters. The number of sulfonamides is 4. The number of halogens is 12. The van der Waals surface area contributed by atoms with Crippen molar-refractivity contribution in [2.75, 3.05) is 26.2 Å². The van der Waals surface area contributed by atoms with Crippen LogP contribution in [0.15, 0.2) is 0 Å². The lowest BCUT2D eigenvalue weighted by Gasteiger charge is -2.31. The molecule has 78 heavy (non-hydrogen) atoms. The number of nitrogens with one attached hydrogen (secondary N) is 4. The minimum Gasteiger partial charge on any atom is -0.374 e. The van der Waals surface area contributed by atoms with E-state index in [1.807, 2.05) is 0 Å². The maximum Gasteiger partial charge on any atom is 0.511 e. The summed E-state index contributed by atoms with van der Waals surface area (Å²) in [6, 6.07) is 0. The summed E-state index contributed by atoms with van der Waals surface area (Å²) in [5.41, 5.74) is -20.9. The molecule has 0 aromatic rings. The first-order chi connectivity index (χ1) is 35.5. The van der Waals surface area contributed by atoms with E-state index in [0.29, 0.717) is 109 Å². The van der Waals surface area contributed by atoms with Crippen LogP contribution in [0.2, 0.25) is 0 Å².